The van der Waals surface area contributed by atoms with Crippen LogP contribution >= 0.6 is 0 Å². The van der Waals surface area contributed by atoms with Crippen molar-refractivity contribution in [2.75, 3.05) is 7.11 Å². The van der Waals surface area contributed by atoms with Crippen LogP contribution in [0.1, 0.15) is 34.7 Å². The van der Waals surface area contributed by atoms with Crippen LogP contribution in [0.2, 0.25) is 0 Å². The Morgan fingerprint density at radius 3 is 2.62 bits per heavy atom. The molecule has 1 aromatic carbocycles. The molecule has 1 atom stereocenters. The zero-order chi connectivity index (χ0) is 15.2. The van der Waals surface area contributed by atoms with Crippen molar-refractivity contribution >= 4 is 5.97 Å². The van der Waals surface area contributed by atoms with Gasteiger partial charge in [-0.25, -0.2) is 9.78 Å². The first-order valence-corrected chi connectivity index (χ1v) is 6.66. The van der Waals surface area contributed by atoms with Crippen LogP contribution in [-0.4, -0.2) is 23.2 Å². The second-order valence-corrected chi connectivity index (χ2v) is 4.70. The Bertz CT molecular complexity index is 611. The molecule has 0 unspecified atom stereocenters. The van der Waals surface area contributed by atoms with E-state index in [9.17, 15) is 4.79 Å². The summed E-state index contributed by atoms with van der Waals surface area (Å²) in [6.07, 6.45) is 0. The Morgan fingerprint density at radius 1 is 1.29 bits per heavy atom. The second-order valence-electron chi connectivity index (χ2n) is 4.70. The number of nitrogens with one attached hydrogen (secondary N) is 1. The predicted molar refractivity (Wildman–Crippen MR) is 79.4 cm³/mol. The Morgan fingerprint density at radius 2 is 2.00 bits per heavy atom. The highest BCUT2D eigenvalue weighted by Gasteiger charge is 2.08. The van der Waals surface area contributed by atoms with E-state index in [-0.39, 0.29) is 11.7 Å². The molecule has 5 nitrogen and oxygen atoms in total. The second kappa shape index (κ2) is 6.85. The quantitative estimate of drug-likeness (QED) is 0.854. The summed E-state index contributed by atoms with van der Waals surface area (Å²) < 4.78 is 5.13. The fraction of sp³-hybridized carbons (Fsp3) is 0.250. The van der Waals surface area contributed by atoms with Gasteiger partial charge >= 0.3 is 5.97 Å². The van der Waals surface area contributed by atoms with Crippen molar-refractivity contribution in [3.8, 4) is 5.75 Å². The van der Waals surface area contributed by atoms with Crippen LogP contribution in [0.4, 0.5) is 0 Å². The molecule has 2 N–H and O–H groups in total. The fourth-order valence-electron chi connectivity index (χ4n) is 1.97. The molecule has 0 saturated heterocycles. The molecule has 0 fully saturated rings. The molecule has 0 aliphatic heterocycles. The Kier molecular flexibility index (Phi) is 4.90. The lowest BCUT2D eigenvalue weighted by atomic mass is 10.1. The van der Waals surface area contributed by atoms with E-state index < -0.39 is 5.97 Å². The monoisotopic (exact) mass is 286 g/mol. The van der Waals surface area contributed by atoms with Gasteiger partial charge in [-0.05, 0) is 36.8 Å². The van der Waals surface area contributed by atoms with E-state index in [2.05, 4.69) is 10.3 Å². The Labute approximate surface area is 123 Å². The largest absolute Gasteiger partial charge is 0.497 e. The standard InChI is InChI=1S/C16H18N2O3/c1-11(12-6-8-14(21-2)9-7-12)17-10-13-4-3-5-15(18-13)16(19)20/h3-9,11,17H,10H2,1-2H3,(H,19,20)/t11-/m0/s1. The van der Waals surface area contributed by atoms with Crippen molar-refractivity contribution in [3.63, 3.8) is 0 Å². The minimum atomic E-state index is -1.01. The van der Waals surface area contributed by atoms with Crippen molar-refractivity contribution in [2.24, 2.45) is 0 Å². The average molecular weight is 286 g/mol. The summed E-state index contributed by atoms with van der Waals surface area (Å²) in [5, 5.41) is 12.2. The van der Waals surface area contributed by atoms with Gasteiger partial charge in [0.15, 0.2) is 0 Å². The molecule has 0 saturated carbocycles. The molecule has 0 aliphatic carbocycles. The number of carbonyl (C=O) groups is 1. The summed E-state index contributed by atoms with van der Waals surface area (Å²) in [5.41, 5.74) is 1.90. The van der Waals surface area contributed by atoms with Gasteiger partial charge in [0.25, 0.3) is 0 Å². The van der Waals surface area contributed by atoms with Gasteiger partial charge in [0, 0.05) is 12.6 Å². The highest BCUT2D eigenvalue weighted by Crippen LogP contribution is 2.17. The third kappa shape index (κ3) is 4.03. The molecule has 2 rings (SSSR count). The summed E-state index contributed by atoms with van der Waals surface area (Å²) in [6, 6.07) is 12.9. The number of benzene rings is 1. The molecule has 0 bridgehead atoms. The zero-order valence-electron chi connectivity index (χ0n) is 12.0. The molecule has 0 aliphatic rings. The number of pyridine rings is 1. The molecule has 1 aromatic heterocycles. The van der Waals surface area contributed by atoms with Crippen molar-refractivity contribution in [3.05, 3.63) is 59.4 Å². The molecule has 0 amide bonds. The Hall–Kier alpha value is -2.40. The van der Waals surface area contributed by atoms with Gasteiger partial charge in [0.2, 0.25) is 0 Å². The topological polar surface area (TPSA) is 71.5 Å². The SMILES string of the molecule is COc1ccc([C@H](C)NCc2cccc(C(=O)O)n2)cc1. The predicted octanol–water partition coefficient (Wildman–Crippen LogP) is 2.64. The first-order valence-electron chi connectivity index (χ1n) is 6.66. The van der Waals surface area contributed by atoms with Crippen LogP contribution in [-0.2, 0) is 6.54 Å². The van der Waals surface area contributed by atoms with Crippen LogP contribution < -0.4 is 10.1 Å². The number of rotatable bonds is 6. The highest BCUT2D eigenvalue weighted by molar-refractivity contribution is 5.85. The van der Waals surface area contributed by atoms with E-state index in [0.29, 0.717) is 12.2 Å². The summed E-state index contributed by atoms with van der Waals surface area (Å²) in [6.45, 7) is 2.55. The van der Waals surface area contributed by atoms with Gasteiger partial charge in [0.1, 0.15) is 11.4 Å². The van der Waals surface area contributed by atoms with Crippen molar-refractivity contribution in [1.29, 1.82) is 0 Å². The van der Waals surface area contributed by atoms with Crippen LogP contribution in [0, 0.1) is 0 Å². The molecule has 21 heavy (non-hydrogen) atoms. The molecule has 5 heteroatoms. The van der Waals surface area contributed by atoms with E-state index in [1.54, 1.807) is 19.2 Å². The number of ether oxygens (including phenoxy) is 1. The van der Waals surface area contributed by atoms with Crippen LogP contribution in [0.25, 0.3) is 0 Å². The summed E-state index contributed by atoms with van der Waals surface area (Å²) in [4.78, 5) is 15.0. The normalized spacial score (nSPS) is 11.9. The molecule has 1 heterocycles. The number of hydrogen-bond donors (Lipinski definition) is 2. The lowest BCUT2D eigenvalue weighted by Crippen LogP contribution is -2.19. The first-order chi connectivity index (χ1) is 10.1. The fourth-order valence-corrected chi connectivity index (χ4v) is 1.97. The lowest BCUT2D eigenvalue weighted by molar-refractivity contribution is 0.0690. The van der Waals surface area contributed by atoms with Gasteiger partial charge < -0.3 is 15.2 Å². The smallest absolute Gasteiger partial charge is 0.354 e. The summed E-state index contributed by atoms with van der Waals surface area (Å²) >= 11 is 0. The number of hydrogen-bond acceptors (Lipinski definition) is 4. The third-order valence-electron chi connectivity index (χ3n) is 3.23. The number of aromatic nitrogens is 1. The first kappa shape index (κ1) is 15.0. The van der Waals surface area contributed by atoms with Gasteiger partial charge in [0.05, 0.1) is 12.8 Å². The van der Waals surface area contributed by atoms with Crippen LogP contribution in [0.15, 0.2) is 42.5 Å². The van der Waals surface area contributed by atoms with E-state index in [1.165, 1.54) is 6.07 Å². The van der Waals surface area contributed by atoms with Crippen LogP contribution in [0.5, 0.6) is 5.75 Å². The molecule has 2 aromatic rings. The average Bonchev–Trinajstić information content (AvgIpc) is 2.53. The Balaban J connectivity index is 1.98. The molecular weight excluding hydrogens is 268 g/mol. The third-order valence-corrected chi connectivity index (χ3v) is 3.23. The zero-order valence-corrected chi connectivity index (χ0v) is 12.0. The lowest BCUT2D eigenvalue weighted by Gasteiger charge is -2.14. The van der Waals surface area contributed by atoms with Gasteiger partial charge in [-0.15, -0.1) is 0 Å². The molecule has 0 radical (unpaired) electrons. The number of carboxylic acid groups (broad SMARTS) is 1. The van der Waals surface area contributed by atoms with Crippen molar-refractivity contribution in [1.82, 2.24) is 10.3 Å². The maximum atomic E-state index is 10.9. The minimum Gasteiger partial charge on any atom is -0.497 e. The van der Waals surface area contributed by atoms with Gasteiger partial charge in [-0.2, -0.15) is 0 Å². The molecular formula is C16H18N2O3. The van der Waals surface area contributed by atoms with E-state index >= 15 is 0 Å². The minimum absolute atomic E-state index is 0.0615. The number of aromatic carboxylic acids is 1. The molecule has 0 spiro atoms. The van der Waals surface area contributed by atoms with Gasteiger partial charge in [-0.3, -0.25) is 0 Å². The van der Waals surface area contributed by atoms with Crippen LogP contribution in [0.3, 0.4) is 0 Å². The van der Waals surface area contributed by atoms with Crippen molar-refractivity contribution < 1.29 is 14.6 Å². The molecule has 110 valence electrons. The summed E-state index contributed by atoms with van der Waals surface area (Å²) in [7, 11) is 1.64. The van der Waals surface area contributed by atoms with E-state index in [4.69, 9.17) is 9.84 Å². The maximum absolute atomic E-state index is 10.9. The highest BCUT2D eigenvalue weighted by atomic mass is 16.5. The van der Waals surface area contributed by atoms with E-state index in [1.807, 2.05) is 31.2 Å². The van der Waals surface area contributed by atoms with Gasteiger partial charge in [-0.1, -0.05) is 18.2 Å². The van der Waals surface area contributed by atoms with E-state index in [0.717, 1.165) is 11.3 Å². The maximum Gasteiger partial charge on any atom is 0.354 e. The summed E-state index contributed by atoms with van der Waals surface area (Å²) in [5.74, 6) is -0.193. The number of methoxy groups -OCH3 is 1. The number of nitrogens with zero attached hydrogens (tertiary/aromatic N) is 1. The van der Waals surface area contributed by atoms with Crippen molar-refractivity contribution in [2.45, 2.75) is 19.5 Å². The number of carboxylic acids is 1.